The third-order valence-electron chi connectivity index (χ3n) is 2.70. The molecule has 0 spiro atoms. The van der Waals surface area contributed by atoms with Gasteiger partial charge in [-0.1, -0.05) is 0 Å². The van der Waals surface area contributed by atoms with Gasteiger partial charge < -0.3 is 20.5 Å². The lowest BCUT2D eigenvalue weighted by Gasteiger charge is -2.02. The zero-order chi connectivity index (χ0) is 13.4. The summed E-state index contributed by atoms with van der Waals surface area (Å²) in [5.74, 6) is 0.340. The third kappa shape index (κ3) is 2.15. The lowest BCUT2D eigenvalue weighted by molar-refractivity contribution is 0.102. The van der Waals surface area contributed by atoms with Crippen LogP contribution in [-0.4, -0.2) is 15.9 Å². The highest BCUT2D eigenvalue weighted by Crippen LogP contribution is 2.20. The Labute approximate surface area is 108 Å². The van der Waals surface area contributed by atoms with E-state index in [0.29, 0.717) is 34.1 Å². The number of oxazole rings is 1. The van der Waals surface area contributed by atoms with E-state index in [4.69, 9.17) is 10.2 Å². The zero-order valence-electron chi connectivity index (χ0n) is 10.2. The molecule has 4 N–H and O–H groups in total. The maximum absolute atomic E-state index is 11.9. The van der Waals surface area contributed by atoms with Crippen molar-refractivity contribution in [1.29, 1.82) is 0 Å². The second-order valence-electron chi connectivity index (χ2n) is 4.22. The Hall–Kier alpha value is -2.76. The number of H-pyrrole nitrogens is 1. The standard InChI is InChI=1S/C13H12N4O2/c1-7-16-10-5-9(2-3-12(10)19-7)17-13(18)11-4-8(14)6-15-11/h2-6,15H,14H2,1H3,(H,17,18). The predicted octanol–water partition coefficient (Wildman–Crippen LogP) is 2.30. The lowest BCUT2D eigenvalue weighted by atomic mass is 10.2. The van der Waals surface area contributed by atoms with Crippen LogP contribution in [-0.2, 0) is 0 Å². The van der Waals surface area contributed by atoms with Gasteiger partial charge in [0.2, 0.25) is 0 Å². The first-order chi connectivity index (χ1) is 9.11. The van der Waals surface area contributed by atoms with Gasteiger partial charge in [-0.3, -0.25) is 4.79 Å². The van der Waals surface area contributed by atoms with Gasteiger partial charge in [-0.15, -0.1) is 0 Å². The minimum atomic E-state index is -0.253. The molecule has 6 nitrogen and oxygen atoms in total. The van der Waals surface area contributed by atoms with Crippen LogP contribution in [0.25, 0.3) is 11.1 Å². The van der Waals surface area contributed by atoms with E-state index in [0.717, 1.165) is 0 Å². The van der Waals surface area contributed by atoms with Gasteiger partial charge in [-0.2, -0.15) is 0 Å². The summed E-state index contributed by atoms with van der Waals surface area (Å²) in [5.41, 5.74) is 8.54. The number of rotatable bonds is 2. The molecule has 96 valence electrons. The Kier molecular flexibility index (Phi) is 2.49. The fourth-order valence-electron chi connectivity index (χ4n) is 1.86. The number of aromatic amines is 1. The topological polar surface area (TPSA) is 96.9 Å². The molecule has 2 aromatic heterocycles. The molecule has 0 atom stereocenters. The number of aromatic nitrogens is 2. The maximum atomic E-state index is 11.9. The van der Waals surface area contributed by atoms with E-state index < -0.39 is 0 Å². The van der Waals surface area contributed by atoms with Gasteiger partial charge in [0.25, 0.3) is 5.91 Å². The molecule has 0 aliphatic carbocycles. The normalized spacial score (nSPS) is 10.8. The fraction of sp³-hybridized carbons (Fsp3) is 0.0769. The molecule has 1 amide bonds. The molecule has 2 heterocycles. The van der Waals surface area contributed by atoms with Gasteiger partial charge in [0.1, 0.15) is 11.2 Å². The Morgan fingerprint density at radius 2 is 2.26 bits per heavy atom. The van der Waals surface area contributed by atoms with Crippen LogP contribution in [0.1, 0.15) is 16.4 Å². The number of carbonyl (C=O) groups excluding carboxylic acids is 1. The van der Waals surface area contributed by atoms with Crippen molar-refractivity contribution < 1.29 is 9.21 Å². The van der Waals surface area contributed by atoms with E-state index in [-0.39, 0.29) is 5.91 Å². The largest absolute Gasteiger partial charge is 0.441 e. The molecule has 19 heavy (non-hydrogen) atoms. The molecular formula is C13H12N4O2. The van der Waals surface area contributed by atoms with Crippen molar-refractivity contribution in [2.75, 3.05) is 11.1 Å². The summed E-state index contributed by atoms with van der Waals surface area (Å²) in [7, 11) is 0. The molecule has 0 saturated carbocycles. The van der Waals surface area contributed by atoms with Crippen LogP contribution < -0.4 is 11.1 Å². The van der Waals surface area contributed by atoms with Crippen molar-refractivity contribution in [3.8, 4) is 0 Å². The summed E-state index contributed by atoms with van der Waals surface area (Å²) in [5, 5.41) is 2.77. The second-order valence-corrected chi connectivity index (χ2v) is 4.22. The predicted molar refractivity (Wildman–Crippen MR) is 71.9 cm³/mol. The summed E-state index contributed by atoms with van der Waals surface area (Å²) < 4.78 is 5.37. The second kappa shape index (κ2) is 4.16. The number of nitrogen functional groups attached to an aromatic ring is 1. The first kappa shape index (κ1) is 11.3. The molecule has 0 bridgehead atoms. The lowest BCUT2D eigenvalue weighted by Crippen LogP contribution is -2.12. The highest BCUT2D eigenvalue weighted by atomic mass is 16.3. The average Bonchev–Trinajstić information content (AvgIpc) is 2.93. The summed E-state index contributed by atoms with van der Waals surface area (Å²) in [6, 6.07) is 6.87. The van der Waals surface area contributed by atoms with Crippen LogP contribution in [0.2, 0.25) is 0 Å². The number of benzene rings is 1. The Bertz CT molecular complexity index is 757. The van der Waals surface area contributed by atoms with Crippen LogP contribution >= 0.6 is 0 Å². The van der Waals surface area contributed by atoms with Gasteiger partial charge in [-0.25, -0.2) is 4.98 Å². The highest BCUT2D eigenvalue weighted by Gasteiger charge is 2.09. The number of nitrogens with zero attached hydrogens (tertiary/aromatic N) is 1. The smallest absolute Gasteiger partial charge is 0.272 e. The number of aryl methyl sites for hydroxylation is 1. The molecule has 0 aliphatic rings. The molecule has 3 aromatic rings. The van der Waals surface area contributed by atoms with E-state index >= 15 is 0 Å². The highest BCUT2D eigenvalue weighted by molar-refractivity contribution is 6.04. The number of carbonyl (C=O) groups is 1. The van der Waals surface area contributed by atoms with Crippen LogP contribution in [0.5, 0.6) is 0 Å². The Morgan fingerprint density at radius 1 is 1.42 bits per heavy atom. The maximum Gasteiger partial charge on any atom is 0.272 e. The fourth-order valence-corrected chi connectivity index (χ4v) is 1.86. The van der Waals surface area contributed by atoms with Gasteiger partial charge in [0.05, 0.1) is 0 Å². The molecule has 0 aliphatic heterocycles. The summed E-state index contributed by atoms with van der Waals surface area (Å²) >= 11 is 0. The van der Waals surface area contributed by atoms with Crippen molar-refractivity contribution in [2.45, 2.75) is 6.92 Å². The molecule has 0 unspecified atom stereocenters. The summed E-state index contributed by atoms with van der Waals surface area (Å²) in [6.45, 7) is 1.78. The van der Waals surface area contributed by atoms with Crippen molar-refractivity contribution in [3.63, 3.8) is 0 Å². The number of nitrogens with one attached hydrogen (secondary N) is 2. The van der Waals surface area contributed by atoms with E-state index in [2.05, 4.69) is 15.3 Å². The Balaban J connectivity index is 1.86. The van der Waals surface area contributed by atoms with Gasteiger partial charge in [-0.05, 0) is 24.3 Å². The number of hydrogen-bond acceptors (Lipinski definition) is 4. The summed E-state index contributed by atoms with van der Waals surface area (Å²) in [6.07, 6.45) is 1.57. The molecule has 0 radical (unpaired) electrons. The molecule has 1 aromatic carbocycles. The van der Waals surface area contributed by atoms with Crippen LogP contribution in [0.3, 0.4) is 0 Å². The van der Waals surface area contributed by atoms with Crippen LogP contribution in [0.15, 0.2) is 34.9 Å². The van der Waals surface area contributed by atoms with Crippen LogP contribution in [0, 0.1) is 6.92 Å². The zero-order valence-corrected chi connectivity index (χ0v) is 10.2. The monoisotopic (exact) mass is 256 g/mol. The number of fused-ring (bicyclic) bond motifs is 1. The minimum absolute atomic E-state index is 0.253. The molecule has 0 fully saturated rings. The van der Waals surface area contributed by atoms with Crippen molar-refractivity contribution >= 4 is 28.4 Å². The van der Waals surface area contributed by atoms with E-state index in [1.54, 1.807) is 37.4 Å². The van der Waals surface area contributed by atoms with E-state index in [1.807, 2.05) is 0 Å². The minimum Gasteiger partial charge on any atom is -0.441 e. The van der Waals surface area contributed by atoms with Crippen molar-refractivity contribution in [2.24, 2.45) is 0 Å². The molecule has 0 saturated heterocycles. The van der Waals surface area contributed by atoms with Gasteiger partial charge in [0, 0.05) is 24.5 Å². The van der Waals surface area contributed by atoms with Gasteiger partial charge >= 0.3 is 0 Å². The molecular weight excluding hydrogens is 244 g/mol. The van der Waals surface area contributed by atoms with Gasteiger partial charge in [0.15, 0.2) is 11.5 Å². The number of anilines is 2. The molecule has 3 rings (SSSR count). The Morgan fingerprint density at radius 3 is 3.00 bits per heavy atom. The van der Waals surface area contributed by atoms with E-state index in [1.165, 1.54) is 0 Å². The number of nitrogens with two attached hydrogens (primary N) is 1. The van der Waals surface area contributed by atoms with E-state index in [9.17, 15) is 4.79 Å². The number of amides is 1. The third-order valence-corrected chi connectivity index (χ3v) is 2.70. The summed E-state index contributed by atoms with van der Waals surface area (Å²) in [4.78, 5) is 18.9. The number of hydrogen-bond donors (Lipinski definition) is 3. The SMILES string of the molecule is Cc1nc2cc(NC(=O)c3cc(N)c[nH]3)ccc2o1. The quantitative estimate of drug-likeness (QED) is 0.655. The first-order valence-electron chi connectivity index (χ1n) is 5.74. The average molecular weight is 256 g/mol. The van der Waals surface area contributed by atoms with Crippen molar-refractivity contribution in [1.82, 2.24) is 9.97 Å². The van der Waals surface area contributed by atoms with Crippen LogP contribution in [0.4, 0.5) is 11.4 Å². The first-order valence-corrected chi connectivity index (χ1v) is 5.74. The van der Waals surface area contributed by atoms with Crippen molar-refractivity contribution in [3.05, 3.63) is 42.0 Å². The molecule has 6 heteroatoms.